The van der Waals surface area contributed by atoms with Gasteiger partial charge in [-0.15, -0.1) is 12.4 Å². The van der Waals surface area contributed by atoms with Crippen LogP contribution in [0.3, 0.4) is 0 Å². The third-order valence-corrected chi connectivity index (χ3v) is 4.73. The van der Waals surface area contributed by atoms with Crippen LogP contribution in [0.5, 0.6) is 0 Å². The Kier molecular flexibility index (Phi) is 5.28. The third-order valence-electron chi connectivity index (χ3n) is 4.73. The van der Waals surface area contributed by atoms with Crippen molar-refractivity contribution in [2.75, 3.05) is 18.0 Å². The van der Waals surface area contributed by atoms with E-state index in [1.807, 2.05) is 11.0 Å². The third kappa shape index (κ3) is 3.24. The lowest BCUT2D eigenvalue weighted by Gasteiger charge is -2.17. The van der Waals surface area contributed by atoms with Gasteiger partial charge in [-0.3, -0.25) is 4.79 Å². The van der Waals surface area contributed by atoms with Gasteiger partial charge >= 0.3 is 0 Å². The van der Waals surface area contributed by atoms with Crippen LogP contribution in [0, 0.1) is 0 Å². The Labute approximate surface area is 133 Å². The molecule has 3 nitrogen and oxygen atoms in total. The maximum Gasteiger partial charge on any atom is 0.227 e. The van der Waals surface area contributed by atoms with E-state index in [9.17, 15) is 4.79 Å². The predicted octanol–water partition coefficient (Wildman–Crippen LogP) is 3.40. The molecule has 2 aliphatic rings. The van der Waals surface area contributed by atoms with Gasteiger partial charge in [0, 0.05) is 24.1 Å². The summed E-state index contributed by atoms with van der Waals surface area (Å²) in [5, 5.41) is 0. The summed E-state index contributed by atoms with van der Waals surface area (Å²) in [7, 11) is 0. The first-order valence-electron chi connectivity index (χ1n) is 7.87. The molecule has 3 rings (SSSR count). The van der Waals surface area contributed by atoms with Crippen LogP contribution in [0.4, 0.5) is 5.69 Å². The molecular weight excluding hydrogens is 284 g/mol. The second-order valence-corrected chi connectivity index (χ2v) is 6.23. The fraction of sp³-hybridized carbons (Fsp3) is 0.588. The van der Waals surface area contributed by atoms with Crippen molar-refractivity contribution in [2.45, 2.75) is 50.4 Å². The summed E-state index contributed by atoms with van der Waals surface area (Å²) >= 11 is 0. The number of halogens is 1. The molecule has 0 unspecified atom stereocenters. The standard InChI is InChI=1S/C17H24N2O.ClH/c18-12-6-2-1-3-9-16(20)19-13-17(10-11-17)14-7-4-5-8-15(14)19;/h4-5,7-8H,1-3,6,9-13,18H2;1H. The van der Waals surface area contributed by atoms with E-state index in [2.05, 4.69) is 18.2 Å². The van der Waals surface area contributed by atoms with Crippen LogP contribution in [0.2, 0.25) is 0 Å². The van der Waals surface area contributed by atoms with E-state index < -0.39 is 0 Å². The summed E-state index contributed by atoms with van der Waals surface area (Å²) in [5.41, 5.74) is 8.36. The first-order valence-corrected chi connectivity index (χ1v) is 7.87. The van der Waals surface area contributed by atoms with Gasteiger partial charge < -0.3 is 10.6 Å². The fourth-order valence-corrected chi connectivity index (χ4v) is 3.34. The van der Waals surface area contributed by atoms with E-state index in [0.29, 0.717) is 17.7 Å². The molecule has 0 aromatic heterocycles. The average molecular weight is 309 g/mol. The molecule has 0 bridgehead atoms. The molecule has 1 amide bonds. The van der Waals surface area contributed by atoms with Crippen LogP contribution in [-0.2, 0) is 10.2 Å². The van der Waals surface area contributed by atoms with Crippen molar-refractivity contribution in [2.24, 2.45) is 5.73 Å². The maximum atomic E-state index is 12.5. The molecule has 1 aromatic rings. The summed E-state index contributed by atoms with van der Waals surface area (Å²) in [6, 6.07) is 8.45. The number of anilines is 1. The van der Waals surface area contributed by atoms with Gasteiger partial charge in [0.15, 0.2) is 0 Å². The summed E-state index contributed by atoms with van der Waals surface area (Å²) in [6.45, 7) is 1.67. The number of nitrogens with two attached hydrogens (primary N) is 1. The average Bonchev–Trinajstić information content (AvgIpc) is 3.17. The lowest BCUT2D eigenvalue weighted by atomic mass is 9.99. The fourth-order valence-electron chi connectivity index (χ4n) is 3.34. The van der Waals surface area contributed by atoms with Gasteiger partial charge in [-0.2, -0.15) is 0 Å². The van der Waals surface area contributed by atoms with E-state index in [-0.39, 0.29) is 12.4 Å². The molecule has 0 saturated heterocycles. The minimum Gasteiger partial charge on any atom is -0.330 e. The van der Waals surface area contributed by atoms with Crippen molar-refractivity contribution >= 4 is 24.0 Å². The van der Waals surface area contributed by atoms with Gasteiger partial charge in [-0.25, -0.2) is 0 Å². The minimum atomic E-state index is 0. The molecule has 0 atom stereocenters. The number of hydrogen-bond acceptors (Lipinski definition) is 2. The van der Waals surface area contributed by atoms with Gasteiger partial charge in [-0.05, 0) is 43.9 Å². The Morgan fingerprint density at radius 3 is 2.57 bits per heavy atom. The number of carbonyl (C=O) groups is 1. The zero-order chi connectivity index (χ0) is 14.0. The Morgan fingerprint density at radius 2 is 1.86 bits per heavy atom. The van der Waals surface area contributed by atoms with Crippen molar-refractivity contribution < 1.29 is 4.79 Å². The van der Waals surface area contributed by atoms with Crippen molar-refractivity contribution in [1.29, 1.82) is 0 Å². The summed E-state index contributed by atoms with van der Waals surface area (Å²) in [5.74, 6) is 0.300. The number of unbranched alkanes of at least 4 members (excludes halogenated alkanes) is 3. The first kappa shape index (κ1) is 16.3. The van der Waals surface area contributed by atoms with Gasteiger partial charge in [0.2, 0.25) is 5.91 Å². The lowest BCUT2D eigenvalue weighted by molar-refractivity contribution is -0.118. The highest BCUT2D eigenvalue weighted by Crippen LogP contribution is 2.56. The largest absolute Gasteiger partial charge is 0.330 e. The second kappa shape index (κ2) is 6.80. The normalized spacial score (nSPS) is 17.5. The molecule has 2 N–H and O–H groups in total. The monoisotopic (exact) mass is 308 g/mol. The highest BCUT2D eigenvalue weighted by atomic mass is 35.5. The number of hydrogen-bond donors (Lipinski definition) is 1. The Hall–Kier alpha value is -1.06. The van der Waals surface area contributed by atoms with Crippen molar-refractivity contribution in [1.82, 2.24) is 0 Å². The Bertz CT molecular complexity index is 499. The molecule has 1 heterocycles. The Balaban J connectivity index is 0.00000161. The molecule has 1 aliphatic heterocycles. The van der Waals surface area contributed by atoms with Crippen LogP contribution in [0.1, 0.15) is 50.5 Å². The van der Waals surface area contributed by atoms with E-state index in [0.717, 1.165) is 44.5 Å². The highest BCUT2D eigenvalue weighted by molar-refractivity contribution is 5.96. The van der Waals surface area contributed by atoms with Crippen LogP contribution < -0.4 is 10.6 Å². The van der Waals surface area contributed by atoms with Gasteiger partial charge in [0.1, 0.15) is 0 Å². The smallest absolute Gasteiger partial charge is 0.227 e. The summed E-state index contributed by atoms with van der Waals surface area (Å²) in [4.78, 5) is 14.5. The van der Waals surface area contributed by atoms with Crippen molar-refractivity contribution in [3.8, 4) is 0 Å². The van der Waals surface area contributed by atoms with Crippen LogP contribution in [0.25, 0.3) is 0 Å². The molecule has 21 heavy (non-hydrogen) atoms. The van der Waals surface area contributed by atoms with Gasteiger partial charge in [0.25, 0.3) is 0 Å². The molecule has 0 radical (unpaired) electrons. The summed E-state index contributed by atoms with van der Waals surface area (Å²) in [6.07, 6.45) is 7.48. The summed E-state index contributed by atoms with van der Waals surface area (Å²) < 4.78 is 0. The minimum absolute atomic E-state index is 0. The highest BCUT2D eigenvalue weighted by Gasteiger charge is 2.52. The molecule has 1 aromatic carbocycles. The zero-order valence-corrected chi connectivity index (χ0v) is 13.3. The zero-order valence-electron chi connectivity index (χ0n) is 12.5. The van der Waals surface area contributed by atoms with E-state index in [1.165, 1.54) is 18.4 Å². The van der Waals surface area contributed by atoms with E-state index in [4.69, 9.17) is 5.73 Å². The maximum absolute atomic E-state index is 12.5. The first-order chi connectivity index (χ1) is 9.77. The SMILES string of the molecule is Cl.NCCCCCCC(=O)N1CC2(CC2)c2ccccc21. The van der Waals surface area contributed by atoms with Gasteiger partial charge in [0.05, 0.1) is 0 Å². The second-order valence-electron chi connectivity index (χ2n) is 6.23. The predicted molar refractivity (Wildman–Crippen MR) is 89.1 cm³/mol. The molecule has 1 saturated carbocycles. The number of amides is 1. The van der Waals surface area contributed by atoms with Gasteiger partial charge in [-0.1, -0.05) is 31.0 Å². The van der Waals surface area contributed by atoms with Crippen LogP contribution in [-0.4, -0.2) is 19.0 Å². The molecule has 1 spiro atoms. The molecule has 1 aliphatic carbocycles. The number of carbonyl (C=O) groups excluding carboxylic acids is 1. The molecular formula is C17H25ClN2O. The lowest BCUT2D eigenvalue weighted by Crippen LogP contribution is -2.31. The quantitative estimate of drug-likeness (QED) is 0.819. The number of nitrogens with zero attached hydrogens (tertiary/aromatic N) is 1. The molecule has 4 heteroatoms. The Morgan fingerprint density at radius 1 is 1.14 bits per heavy atom. The number of fused-ring (bicyclic) bond motifs is 2. The molecule has 1 fully saturated rings. The van der Waals surface area contributed by atoms with Crippen molar-refractivity contribution in [3.05, 3.63) is 29.8 Å². The van der Waals surface area contributed by atoms with E-state index in [1.54, 1.807) is 0 Å². The van der Waals surface area contributed by atoms with Crippen LogP contribution >= 0.6 is 12.4 Å². The van der Waals surface area contributed by atoms with Crippen molar-refractivity contribution in [3.63, 3.8) is 0 Å². The number of rotatable bonds is 6. The molecule has 116 valence electrons. The van der Waals surface area contributed by atoms with Crippen LogP contribution in [0.15, 0.2) is 24.3 Å². The number of benzene rings is 1. The topological polar surface area (TPSA) is 46.3 Å². The van der Waals surface area contributed by atoms with E-state index >= 15 is 0 Å². The number of para-hydroxylation sites is 1.